The van der Waals surface area contributed by atoms with Crippen LogP contribution < -0.4 is 26.0 Å². The number of nitrogens with two attached hydrogens (primary N) is 1. The molecule has 2 aliphatic heterocycles. The van der Waals surface area contributed by atoms with Crippen molar-refractivity contribution in [1.82, 2.24) is 25.1 Å². The molecule has 2 saturated heterocycles. The van der Waals surface area contributed by atoms with Crippen molar-refractivity contribution in [3.8, 4) is 5.75 Å². The van der Waals surface area contributed by atoms with E-state index in [0.717, 1.165) is 107 Å². The van der Waals surface area contributed by atoms with Gasteiger partial charge in [-0.1, -0.05) is 11.6 Å². The fourth-order valence-corrected chi connectivity index (χ4v) is 11.3. The summed E-state index contributed by atoms with van der Waals surface area (Å²) in [6, 6.07) is 11.4. The van der Waals surface area contributed by atoms with Crippen LogP contribution in [-0.2, 0) is 15.8 Å². The summed E-state index contributed by atoms with van der Waals surface area (Å²) in [6.07, 6.45) is 7.34. The number of nitrogens with zero attached hydrogens (tertiary/aromatic N) is 5. The van der Waals surface area contributed by atoms with Crippen molar-refractivity contribution in [3.05, 3.63) is 81.6 Å². The Bertz CT molecular complexity index is 2550. The maximum absolute atomic E-state index is 13.8. The maximum Gasteiger partial charge on any atom is 0.416 e. The van der Waals surface area contributed by atoms with Crippen LogP contribution in [0, 0.1) is 24.2 Å². The summed E-state index contributed by atoms with van der Waals surface area (Å²) in [4.78, 5) is 66.1. The number of urea groups is 1. The highest BCUT2D eigenvalue weighted by atomic mass is 35.5. The van der Waals surface area contributed by atoms with Crippen LogP contribution in [0.1, 0.15) is 135 Å². The molecule has 0 radical (unpaired) electrons. The summed E-state index contributed by atoms with van der Waals surface area (Å²) in [5.74, 6) is 2.22. The number of likely N-dealkylation sites (tertiary alicyclic amines) is 1. The quantitative estimate of drug-likeness (QED) is 0.117. The van der Waals surface area contributed by atoms with Crippen molar-refractivity contribution in [3.63, 3.8) is 0 Å². The number of aryl methyl sites for hydroxylation is 1. The highest BCUT2D eigenvalue weighted by Crippen LogP contribution is 2.48. The third-order valence-corrected chi connectivity index (χ3v) is 15.5. The molecule has 3 heterocycles. The molecule has 1 aromatic heterocycles. The first-order valence-electron chi connectivity index (χ1n) is 24.0. The molecule has 68 heavy (non-hydrogen) atoms. The van der Waals surface area contributed by atoms with Crippen molar-refractivity contribution >= 4 is 63.4 Å². The van der Waals surface area contributed by atoms with Gasteiger partial charge in [-0.3, -0.25) is 24.6 Å². The molecule has 3 aromatic carbocycles. The molecule has 13 nitrogen and oxygen atoms in total. The van der Waals surface area contributed by atoms with Crippen LogP contribution in [0.25, 0.3) is 10.9 Å². The van der Waals surface area contributed by atoms with Crippen molar-refractivity contribution in [1.29, 1.82) is 0 Å². The number of nitrogens with one attached hydrogen (secondary N) is 2. The normalized spacial score (nSPS) is 20.6. The lowest BCUT2D eigenvalue weighted by Crippen LogP contribution is -2.49. The van der Waals surface area contributed by atoms with E-state index in [1.54, 1.807) is 39.2 Å². The molecule has 0 unspecified atom stereocenters. The van der Waals surface area contributed by atoms with Gasteiger partial charge < -0.3 is 25.6 Å². The number of ether oxygens (including phenoxy) is 1. The smallest absolute Gasteiger partial charge is 0.416 e. The number of aromatic nitrogens is 2. The second-order valence-electron chi connectivity index (χ2n) is 19.6. The number of halogens is 4. The summed E-state index contributed by atoms with van der Waals surface area (Å²) in [6.45, 7) is 5.84. The number of imide groups is 1. The van der Waals surface area contributed by atoms with E-state index in [0.29, 0.717) is 63.8 Å². The molecule has 2 saturated carbocycles. The SMILES string of the molecule is COc1cc2nc(C)nc(N[C@H](C)c3cc(N)cc(C(F)(F)F)c3)c2cc1C1CCC(C(=O)N(C)CCCC2CCC3(CC2)CCN(C(=O)c2ccc(Cl)c(N4CCC(=O)NC4=O)c2)CC3)CC1. The number of carbonyl (C=O) groups excluding carboxylic acids is 4. The van der Waals surface area contributed by atoms with Gasteiger partial charge in [0.25, 0.3) is 5.91 Å². The van der Waals surface area contributed by atoms with Gasteiger partial charge in [0.1, 0.15) is 17.4 Å². The molecule has 17 heteroatoms. The molecule has 4 aromatic rings. The van der Waals surface area contributed by atoms with E-state index in [4.69, 9.17) is 22.1 Å². The van der Waals surface area contributed by atoms with Crippen LogP contribution in [0.3, 0.4) is 0 Å². The molecule has 4 N–H and O–H groups in total. The fourth-order valence-electron chi connectivity index (χ4n) is 11.1. The summed E-state index contributed by atoms with van der Waals surface area (Å²) in [5.41, 5.74) is 8.29. The Morgan fingerprint density at radius 2 is 1.71 bits per heavy atom. The minimum absolute atomic E-state index is 0.0294. The molecule has 1 spiro atoms. The van der Waals surface area contributed by atoms with E-state index in [1.807, 2.05) is 29.0 Å². The standard InChI is InChI=1S/C51H62ClF3N8O5/c1-30(36-24-37(51(53,54)55)27-38(56)25-36)57-46-40-28-39(44(68-4)29-42(40)58-31(2)59-46)33-7-9-34(10-8-33)47(65)61(3)20-5-6-32-13-16-50(17-14-32)18-22-62(23-19-50)48(66)35-11-12-41(52)43(26-35)63-21-15-45(64)60-49(63)67/h11-12,24-30,32-34H,5-10,13-23,56H2,1-4H3,(H,57,58,59)(H,60,64,67)/t30-,33?,34?/m1/s1. The lowest BCUT2D eigenvalue weighted by Gasteiger charge is -2.46. The number of alkyl halides is 3. The number of piperidine rings is 1. The Labute approximate surface area is 400 Å². The molecular formula is C51H62ClF3N8O5. The van der Waals surface area contributed by atoms with Gasteiger partial charge in [0.05, 0.1) is 34.9 Å². The van der Waals surface area contributed by atoms with Crippen molar-refractivity contribution in [2.24, 2.45) is 17.3 Å². The van der Waals surface area contributed by atoms with Crippen LogP contribution in [0.4, 0.5) is 35.2 Å². The molecule has 5 amide bonds. The van der Waals surface area contributed by atoms with Crippen molar-refractivity contribution < 1.29 is 37.1 Å². The summed E-state index contributed by atoms with van der Waals surface area (Å²) in [7, 11) is 3.56. The third-order valence-electron chi connectivity index (χ3n) is 15.1. The minimum Gasteiger partial charge on any atom is -0.496 e. The number of benzene rings is 3. The van der Waals surface area contributed by atoms with Gasteiger partial charge >= 0.3 is 12.2 Å². The number of hydrogen-bond donors (Lipinski definition) is 3. The Morgan fingerprint density at radius 3 is 2.38 bits per heavy atom. The molecule has 8 rings (SSSR count). The molecule has 364 valence electrons. The molecule has 1 atom stereocenters. The number of methoxy groups -OCH3 is 1. The van der Waals surface area contributed by atoms with E-state index in [9.17, 15) is 32.3 Å². The zero-order valence-corrected chi connectivity index (χ0v) is 40.1. The predicted molar refractivity (Wildman–Crippen MR) is 257 cm³/mol. The van der Waals surface area contributed by atoms with Crippen LogP contribution in [0.15, 0.2) is 48.5 Å². The first kappa shape index (κ1) is 48.8. The van der Waals surface area contributed by atoms with Gasteiger partial charge in [0, 0.05) is 68.3 Å². The highest BCUT2D eigenvalue weighted by Gasteiger charge is 2.40. The van der Waals surface area contributed by atoms with E-state index >= 15 is 0 Å². The number of hydrogen-bond acceptors (Lipinski definition) is 9. The van der Waals surface area contributed by atoms with Crippen molar-refractivity contribution in [2.45, 2.75) is 115 Å². The van der Waals surface area contributed by atoms with Gasteiger partial charge in [-0.2, -0.15) is 13.2 Å². The Kier molecular flexibility index (Phi) is 14.5. The largest absolute Gasteiger partial charge is 0.496 e. The zero-order chi connectivity index (χ0) is 48.5. The number of amides is 5. The highest BCUT2D eigenvalue weighted by molar-refractivity contribution is 6.34. The van der Waals surface area contributed by atoms with Crippen molar-refractivity contribution in [2.75, 3.05) is 56.3 Å². The number of rotatable bonds is 12. The van der Waals surface area contributed by atoms with E-state index < -0.39 is 23.8 Å². The Balaban J connectivity index is 0.796. The second-order valence-corrected chi connectivity index (χ2v) is 20.0. The third kappa shape index (κ3) is 10.8. The topological polar surface area (TPSA) is 163 Å². The average Bonchev–Trinajstić information content (AvgIpc) is 3.31. The predicted octanol–water partition coefficient (Wildman–Crippen LogP) is 10.4. The van der Waals surface area contributed by atoms with Gasteiger partial charge in [-0.15, -0.1) is 0 Å². The Hall–Kier alpha value is -5.64. The lowest BCUT2D eigenvalue weighted by atomic mass is 9.65. The zero-order valence-electron chi connectivity index (χ0n) is 39.3. The van der Waals surface area contributed by atoms with E-state index in [1.165, 1.54) is 11.0 Å². The molecule has 4 fully saturated rings. The summed E-state index contributed by atoms with van der Waals surface area (Å²) in [5, 5.41) is 6.72. The van der Waals surface area contributed by atoms with Crippen LogP contribution in [0.2, 0.25) is 5.02 Å². The minimum atomic E-state index is -4.53. The van der Waals surface area contributed by atoms with Crippen LogP contribution >= 0.6 is 11.6 Å². The van der Waals surface area contributed by atoms with Gasteiger partial charge in [-0.05, 0) is 162 Å². The first-order chi connectivity index (χ1) is 32.4. The molecular weight excluding hydrogens is 897 g/mol. The van der Waals surface area contributed by atoms with Gasteiger partial charge in [0.2, 0.25) is 11.8 Å². The van der Waals surface area contributed by atoms with E-state index in [2.05, 4.69) is 20.6 Å². The number of carbonyl (C=O) groups is 4. The van der Waals surface area contributed by atoms with Crippen LogP contribution in [0.5, 0.6) is 5.75 Å². The fraction of sp³-hybridized carbons (Fsp3) is 0.529. The molecule has 0 bridgehead atoms. The van der Waals surface area contributed by atoms with Gasteiger partial charge in [0.15, 0.2) is 0 Å². The monoisotopic (exact) mass is 958 g/mol. The van der Waals surface area contributed by atoms with E-state index in [-0.39, 0.29) is 53.6 Å². The Morgan fingerprint density at radius 1 is 0.985 bits per heavy atom. The van der Waals surface area contributed by atoms with Gasteiger partial charge in [-0.25, -0.2) is 14.8 Å². The molecule has 2 aliphatic carbocycles. The average molecular weight is 960 g/mol. The summed E-state index contributed by atoms with van der Waals surface area (Å²) < 4.78 is 46.7. The number of fused-ring (bicyclic) bond motifs is 1. The maximum atomic E-state index is 13.8. The number of anilines is 3. The summed E-state index contributed by atoms with van der Waals surface area (Å²) >= 11 is 6.43. The second kappa shape index (κ2) is 20.1. The lowest BCUT2D eigenvalue weighted by molar-refractivity contribution is -0.137. The number of nitrogen functional groups attached to an aromatic ring is 1. The molecule has 4 aliphatic rings. The first-order valence-corrected chi connectivity index (χ1v) is 24.3. The van der Waals surface area contributed by atoms with Crippen LogP contribution in [-0.4, -0.2) is 83.9 Å².